The predicted molar refractivity (Wildman–Crippen MR) is 53.8 cm³/mol. The first-order valence-corrected chi connectivity index (χ1v) is 4.33. The number of nitrogens with zero attached hydrogens (tertiary/aromatic N) is 3. The maximum atomic E-state index is 9.28. The summed E-state index contributed by atoms with van der Waals surface area (Å²) in [6, 6.07) is 12.5. The van der Waals surface area contributed by atoms with E-state index in [4.69, 9.17) is 5.26 Å². The Balaban J connectivity index is 0.00000128. The van der Waals surface area contributed by atoms with E-state index in [9.17, 15) is 5.11 Å². The van der Waals surface area contributed by atoms with Crippen LogP contribution >= 0.6 is 0 Å². The van der Waals surface area contributed by atoms with Gasteiger partial charge in [0.15, 0.2) is 0 Å². The molecule has 0 unspecified atom stereocenters. The first kappa shape index (κ1) is 12.8. The van der Waals surface area contributed by atoms with Gasteiger partial charge in [0.2, 0.25) is 11.7 Å². The van der Waals surface area contributed by atoms with E-state index in [1.165, 1.54) is 6.07 Å². The molecular formula is C11H7N3OY. The summed E-state index contributed by atoms with van der Waals surface area (Å²) in [4.78, 5) is 7.55. The van der Waals surface area contributed by atoms with E-state index >= 15 is 0 Å². The Kier molecular flexibility index (Phi) is 4.54. The molecule has 1 N–H and O–H groups in total. The second-order valence-electron chi connectivity index (χ2n) is 2.91. The summed E-state index contributed by atoms with van der Waals surface area (Å²) in [6.07, 6.45) is 0. The number of nitriles is 1. The molecule has 5 heteroatoms. The number of benzene rings is 1. The Morgan fingerprint density at radius 3 is 2.44 bits per heavy atom. The molecule has 1 heterocycles. The Hall–Kier alpha value is -1.31. The van der Waals surface area contributed by atoms with Crippen molar-refractivity contribution in [2.45, 2.75) is 0 Å². The van der Waals surface area contributed by atoms with Crippen LogP contribution in [-0.2, 0) is 32.7 Å². The van der Waals surface area contributed by atoms with Gasteiger partial charge in [0.05, 0.1) is 5.69 Å². The average molecular weight is 286 g/mol. The van der Waals surface area contributed by atoms with Gasteiger partial charge in [-0.25, -0.2) is 4.98 Å². The molecule has 4 nitrogen and oxygen atoms in total. The summed E-state index contributed by atoms with van der Waals surface area (Å²) >= 11 is 0. The van der Waals surface area contributed by atoms with Gasteiger partial charge in [-0.1, -0.05) is 30.3 Å². The fourth-order valence-corrected chi connectivity index (χ4v) is 1.24. The molecule has 0 saturated heterocycles. The molecule has 0 spiro atoms. The molecule has 0 bridgehead atoms. The zero-order chi connectivity index (χ0) is 10.7. The summed E-state index contributed by atoms with van der Waals surface area (Å²) < 4.78 is 0. The minimum absolute atomic E-state index is 0. The number of rotatable bonds is 1. The maximum Gasteiger partial charge on any atom is 0.236 e. The summed E-state index contributed by atoms with van der Waals surface area (Å²) in [6.45, 7) is 0. The summed E-state index contributed by atoms with van der Waals surface area (Å²) in [5.41, 5.74) is 1.38. The van der Waals surface area contributed by atoms with E-state index in [1.807, 2.05) is 30.3 Å². The van der Waals surface area contributed by atoms with Crippen LogP contribution in [0.4, 0.5) is 0 Å². The summed E-state index contributed by atoms with van der Waals surface area (Å²) in [5, 5.41) is 17.9. The van der Waals surface area contributed by atoms with E-state index < -0.39 is 0 Å². The molecule has 1 radical (unpaired) electrons. The second kappa shape index (κ2) is 5.69. The van der Waals surface area contributed by atoms with Crippen molar-refractivity contribution < 1.29 is 37.8 Å². The third-order valence-corrected chi connectivity index (χ3v) is 1.88. The Bertz CT molecular complexity index is 522. The zero-order valence-electron chi connectivity index (χ0n) is 8.33. The quantitative estimate of drug-likeness (QED) is 0.866. The van der Waals surface area contributed by atoms with Crippen LogP contribution in [-0.4, -0.2) is 15.1 Å². The SMILES string of the molecule is N#Cc1nc(O)cc(-c2ccccc2)n1.[Y]. The zero-order valence-corrected chi connectivity index (χ0v) is 11.2. The van der Waals surface area contributed by atoms with Crippen molar-refractivity contribution in [1.29, 1.82) is 5.26 Å². The fourth-order valence-electron chi connectivity index (χ4n) is 1.24. The number of hydrogen-bond acceptors (Lipinski definition) is 4. The van der Waals surface area contributed by atoms with Gasteiger partial charge in [-0.15, -0.1) is 0 Å². The average Bonchev–Trinajstić information content (AvgIpc) is 2.29. The molecule has 0 aliphatic heterocycles. The molecule has 1 aromatic carbocycles. The minimum Gasteiger partial charge on any atom is -0.493 e. The van der Waals surface area contributed by atoms with Crippen LogP contribution in [0.2, 0.25) is 0 Å². The van der Waals surface area contributed by atoms with E-state index in [1.54, 1.807) is 6.07 Å². The molecule has 16 heavy (non-hydrogen) atoms. The van der Waals surface area contributed by atoms with Crippen molar-refractivity contribution in [2.75, 3.05) is 0 Å². The van der Waals surface area contributed by atoms with Gasteiger partial charge in [-0.05, 0) is 0 Å². The molecule has 0 fully saturated rings. The second-order valence-corrected chi connectivity index (χ2v) is 2.91. The molecule has 0 atom stereocenters. The standard InChI is InChI=1S/C11H7N3O.Y/c12-7-10-13-9(6-11(15)14-10)8-4-2-1-3-5-8;/h1-6H,(H,13,14,15);. The van der Waals surface area contributed by atoms with Crippen LogP contribution in [0.25, 0.3) is 11.3 Å². The normalized spacial score (nSPS) is 8.94. The number of aromatic hydroxyl groups is 1. The van der Waals surface area contributed by atoms with Crippen LogP contribution in [0.3, 0.4) is 0 Å². The van der Waals surface area contributed by atoms with Crippen molar-refractivity contribution >= 4 is 0 Å². The van der Waals surface area contributed by atoms with E-state index in [0.29, 0.717) is 5.69 Å². The maximum absolute atomic E-state index is 9.28. The summed E-state index contributed by atoms with van der Waals surface area (Å²) in [7, 11) is 0. The monoisotopic (exact) mass is 286 g/mol. The van der Waals surface area contributed by atoms with Crippen LogP contribution in [0, 0.1) is 11.3 Å². The summed E-state index contributed by atoms with van der Waals surface area (Å²) in [5.74, 6) is -0.228. The molecule has 0 amide bonds. The molecule has 0 aliphatic rings. The van der Waals surface area contributed by atoms with Gasteiger partial charge in [0, 0.05) is 44.3 Å². The molecule has 2 rings (SSSR count). The van der Waals surface area contributed by atoms with Crippen molar-refractivity contribution in [1.82, 2.24) is 9.97 Å². The fraction of sp³-hybridized carbons (Fsp3) is 0. The van der Waals surface area contributed by atoms with Crippen LogP contribution in [0.5, 0.6) is 5.88 Å². The topological polar surface area (TPSA) is 69.8 Å². The van der Waals surface area contributed by atoms with Crippen LogP contribution < -0.4 is 0 Å². The van der Waals surface area contributed by atoms with Gasteiger partial charge in [-0.2, -0.15) is 10.2 Å². The molecule has 0 aliphatic carbocycles. The third kappa shape index (κ3) is 2.85. The minimum atomic E-state index is -0.194. The number of hydrogen-bond donors (Lipinski definition) is 1. The predicted octanol–water partition coefficient (Wildman–Crippen LogP) is 1.72. The molecule has 2 aromatic rings. The van der Waals surface area contributed by atoms with Crippen molar-refractivity contribution in [3.63, 3.8) is 0 Å². The first-order chi connectivity index (χ1) is 7.29. The van der Waals surface area contributed by atoms with Gasteiger partial charge in [-0.3, -0.25) is 0 Å². The first-order valence-electron chi connectivity index (χ1n) is 4.33. The van der Waals surface area contributed by atoms with Crippen LogP contribution in [0.1, 0.15) is 5.82 Å². The van der Waals surface area contributed by atoms with Crippen LogP contribution in [0.15, 0.2) is 36.4 Å². The number of aromatic nitrogens is 2. The Morgan fingerprint density at radius 2 is 1.81 bits per heavy atom. The van der Waals surface area contributed by atoms with Gasteiger partial charge < -0.3 is 5.11 Å². The molecule has 0 saturated carbocycles. The smallest absolute Gasteiger partial charge is 0.236 e. The van der Waals surface area contributed by atoms with Gasteiger partial charge >= 0.3 is 0 Å². The van der Waals surface area contributed by atoms with E-state index in [2.05, 4.69) is 9.97 Å². The van der Waals surface area contributed by atoms with E-state index in [0.717, 1.165) is 5.56 Å². The molecule has 75 valence electrons. The Morgan fingerprint density at radius 1 is 1.12 bits per heavy atom. The van der Waals surface area contributed by atoms with Gasteiger partial charge in [0.25, 0.3) is 0 Å². The largest absolute Gasteiger partial charge is 0.493 e. The Labute approximate surface area is 118 Å². The molecule has 1 aromatic heterocycles. The van der Waals surface area contributed by atoms with Crippen molar-refractivity contribution in [2.24, 2.45) is 0 Å². The van der Waals surface area contributed by atoms with Gasteiger partial charge in [0.1, 0.15) is 6.07 Å². The molecular weight excluding hydrogens is 279 g/mol. The van der Waals surface area contributed by atoms with E-state index in [-0.39, 0.29) is 44.4 Å². The van der Waals surface area contributed by atoms with Crippen molar-refractivity contribution in [3.8, 4) is 23.2 Å². The van der Waals surface area contributed by atoms with Crippen molar-refractivity contribution in [3.05, 3.63) is 42.2 Å². The third-order valence-electron chi connectivity index (χ3n) is 1.88.